The standard InChI is InChI=1S/C43H53FN8O6/c1-28-6-4-8-34(44)32(28)25-50-26-33(37(27-50)48(2)3)29-10-12-30(13-11-29)51-19-17-49(18-20-51)21-23-58-22-16-45-39(54)24-46-35-9-5-7-31-40(35)43(57)52(42(31)56)36-14-15-38(53)47-41(36)55/h4-13,33,36-37,46H,14-27H2,1-3H3,(H,45,54)(H,47,53,55)/t33-,36?,37+/m1/s1. The summed E-state index contributed by atoms with van der Waals surface area (Å²) in [5, 5.41) is 7.94. The zero-order chi connectivity index (χ0) is 40.9. The number of benzene rings is 3. The third-order valence-corrected chi connectivity index (χ3v) is 11.8. The van der Waals surface area contributed by atoms with Gasteiger partial charge in [0.25, 0.3) is 11.8 Å². The van der Waals surface area contributed by atoms with E-state index in [-0.39, 0.29) is 42.2 Å². The Morgan fingerprint density at radius 2 is 1.67 bits per heavy atom. The Kier molecular flexibility index (Phi) is 12.8. The Labute approximate surface area is 338 Å². The molecule has 15 heteroatoms. The highest BCUT2D eigenvalue weighted by atomic mass is 19.1. The Bertz CT molecular complexity index is 2000. The van der Waals surface area contributed by atoms with Gasteiger partial charge in [-0.3, -0.25) is 44.0 Å². The Morgan fingerprint density at radius 1 is 0.914 bits per heavy atom. The summed E-state index contributed by atoms with van der Waals surface area (Å²) in [5.74, 6) is -2.45. The van der Waals surface area contributed by atoms with Gasteiger partial charge >= 0.3 is 0 Å². The van der Waals surface area contributed by atoms with Gasteiger partial charge in [-0.05, 0) is 68.9 Å². The second kappa shape index (κ2) is 18.1. The van der Waals surface area contributed by atoms with Gasteiger partial charge in [-0.25, -0.2) is 4.39 Å². The first-order valence-corrected chi connectivity index (χ1v) is 20.1. The average Bonchev–Trinajstić information content (AvgIpc) is 3.75. The van der Waals surface area contributed by atoms with E-state index in [0.29, 0.717) is 44.0 Å². The van der Waals surface area contributed by atoms with Crippen LogP contribution in [0.3, 0.4) is 0 Å². The van der Waals surface area contributed by atoms with Gasteiger partial charge < -0.3 is 25.2 Å². The maximum atomic E-state index is 14.6. The van der Waals surface area contributed by atoms with Crippen molar-refractivity contribution in [1.29, 1.82) is 0 Å². The summed E-state index contributed by atoms with van der Waals surface area (Å²) in [6, 6.07) is 18.3. The van der Waals surface area contributed by atoms with Crippen molar-refractivity contribution in [1.82, 2.24) is 30.2 Å². The number of carbonyl (C=O) groups is 5. The molecule has 4 heterocycles. The molecule has 3 atom stereocenters. The van der Waals surface area contributed by atoms with Gasteiger partial charge in [-0.15, -0.1) is 0 Å². The lowest BCUT2D eigenvalue weighted by Gasteiger charge is -2.36. The fraction of sp³-hybridized carbons (Fsp3) is 0.465. The van der Waals surface area contributed by atoms with E-state index in [1.165, 1.54) is 17.3 Å². The number of ether oxygens (including phenoxy) is 1. The van der Waals surface area contributed by atoms with Crippen LogP contribution < -0.4 is 20.9 Å². The molecule has 0 radical (unpaired) electrons. The molecule has 0 spiro atoms. The van der Waals surface area contributed by atoms with E-state index in [4.69, 9.17) is 4.74 Å². The van der Waals surface area contributed by atoms with Crippen LogP contribution >= 0.6 is 0 Å². The van der Waals surface area contributed by atoms with Crippen molar-refractivity contribution < 1.29 is 33.1 Å². The molecule has 3 fully saturated rings. The molecule has 0 aliphatic carbocycles. The zero-order valence-corrected chi connectivity index (χ0v) is 33.5. The molecule has 58 heavy (non-hydrogen) atoms. The number of piperidine rings is 1. The maximum absolute atomic E-state index is 14.6. The highest BCUT2D eigenvalue weighted by Gasteiger charge is 2.45. The number of halogens is 1. The Balaban J connectivity index is 0.792. The second-order valence-corrected chi connectivity index (χ2v) is 15.8. The molecule has 0 bridgehead atoms. The number of nitrogens with one attached hydrogen (secondary N) is 3. The van der Waals surface area contributed by atoms with Crippen molar-refractivity contribution in [2.24, 2.45) is 0 Å². The topological polar surface area (TPSA) is 147 Å². The number of likely N-dealkylation sites (tertiary alicyclic amines) is 1. The van der Waals surface area contributed by atoms with Crippen molar-refractivity contribution in [3.63, 3.8) is 0 Å². The summed E-state index contributed by atoms with van der Waals surface area (Å²) in [6.07, 6.45) is 0.101. The number of rotatable bonds is 15. The normalized spacial score (nSPS) is 21.5. The van der Waals surface area contributed by atoms with E-state index in [9.17, 15) is 28.4 Å². The van der Waals surface area contributed by atoms with E-state index >= 15 is 0 Å². The predicted octanol–water partition coefficient (Wildman–Crippen LogP) is 2.43. The van der Waals surface area contributed by atoms with Crippen LogP contribution in [-0.2, 0) is 25.7 Å². The summed E-state index contributed by atoms with van der Waals surface area (Å²) in [7, 11) is 4.26. The predicted molar refractivity (Wildman–Crippen MR) is 217 cm³/mol. The van der Waals surface area contributed by atoms with E-state index in [2.05, 4.69) is 73.9 Å². The number of piperazine rings is 1. The minimum absolute atomic E-state index is 0.0353. The van der Waals surface area contributed by atoms with Crippen molar-refractivity contribution in [2.75, 3.05) is 96.4 Å². The van der Waals surface area contributed by atoms with Crippen molar-refractivity contribution >= 4 is 40.9 Å². The average molecular weight is 797 g/mol. The zero-order valence-electron chi connectivity index (χ0n) is 33.5. The van der Waals surface area contributed by atoms with E-state index < -0.39 is 29.7 Å². The molecule has 5 amide bonds. The molecule has 1 unspecified atom stereocenters. The molecule has 308 valence electrons. The number of imide groups is 2. The molecular weight excluding hydrogens is 744 g/mol. The van der Waals surface area contributed by atoms with Crippen molar-refractivity contribution in [2.45, 2.75) is 44.3 Å². The van der Waals surface area contributed by atoms with Crippen LogP contribution in [0, 0.1) is 12.7 Å². The SMILES string of the molecule is Cc1cccc(F)c1CN1C[C@H](c2ccc(N3CCN(CCOCCNC(=O)CNc4cccc5c4C(=O)N(C4CCC(=O)NC4=O)C5=O)CC3)cc2)[C@@H](N(C)C)C1. The molecule has 4 aliphatic heterocycles. The van der Waals surface area contributed by atoms with Gasteiger partial charge in [-0.1, -0.05) is 30.3 Å². The fourth-order valence-electron chi connectivity index (χ4n) is 8.56. The number of carbonyl (C=O) groups excluding carboxylic acids is 5. The smallest absolute Gasteiger partial charge is 0.264 e. The number of anilines is 2. The molecule has 4 aliphatic rings. The van der Waals surface area contributed by atoms with Crippen LogP contribution in [0.1, 0.15) is 56.2 Å². The molecule has 3 aromatic carbocycles. The van der Waals surface area contributed by atoms with Gasteiger partial charge in [0, 0.05) is 94.2 Å². The molecule has 3 saturated heterocycles. The lowest BCUT2D eigenvalue weighted by atomic mass is 9.93. The highest BCUT2D eigenvalue weighted by Crippen LogP contribution is 2.34. The number of likely N-dealkylation sites (N-methyl/N-ethyl adjacent to an activating group) is 1. The minimum Gasteiger partial charge on any atom is -0.378 e. The molecule has 3 N–H and O–H groups in total. The van der Waals surface area contributed by atoms with Crippen molar-refractivity contribution in [3.05, 3.63) is 94.3 Å². The largest absolute Gasteiger partial charge is 0.378 e. The fourth-order valence-corrected chi connectivity index (χ4v) is 8.56. The number of nitrogens with zero attached hydrogens (tertiary/aromatic N) is 5. The summed E-state index contributed by atoms with van der Waals surface area (Å²) < 4.78 is 20.4. The Hall–Kier alpha value is -5.22. The Morgan fingerprint density at radius 3 is 2.40 bits per heavy atom. The number of amides is 5. The number of fused-ring (bicyclic) bond motifs is 1. The maximum Gasteiger partial charge on any atom is 0.264 e. The third-order valence-electron chi connectivity index (χ3n) is 11.8. The molecule has 3 aromatic rings. The highest BCUT2D eigenvalue weighted by molar-refractivity contribution is 6.25. The molecule has 7 rings (SSSR count). The molecule has 14 nitrogen and oxygen atoms in total. The molecule has 0 aromatic heterocycles. The first-order valence-electron chi connectivity index (χ1n) is 20.1. The number of hydrogen-bond donors (Lipinski definition) is 3. The first-order chi connectivity index (χ1) is 28.0. The van der Waals surface area contributed by atoms with E-state index in [1.54, 1.807) is 24.3 Å². The third kappa shape index (κ3) is 9.07. The van der Waals surface area contributed by atoms with E-state index in [0.717, 1.165) is 61.8 Å². The van der Waals surface area contributed by atoms with Crippen LogP contribution in [-0.4, -0.2) is 147 Å². The van der Waals surface area contributed by atoms with Gasteiger partial charge in [0.2, 0.25) is 17.7 Å². The van der Waals surface area contributed by atoms with Gasteiger partial charge in [0.15, 0.2) is 0 Å². The van der Waals surface area contributed by atoms with Gasteiger partial charge in [0.05, 0.1) is 30.9 Å². The quantitative estimate of drug-likeness (QED) is 0.154. The van der Waals surface area contributed by atoms with Crippen LogP contribution in [0.25, 0.3) is 0 Å². The summed E-state index contributed by atoms with van der Waals surface area (Å²) in [6.45, 7) is 9.94. The minimum atomic E-state index is -1.06. The van der Waals surface area contributed by atoms with Crippen LogP contribution in [0.2, 0.25) is 0 Å². The van der Waals surface area contributed by atoms with E-state index in [1.807, 2.05) is 13.0 Å². The lowest BCUT2D eigenvalue weighted by molar-refractivity contribution is -0.136. The van der Waals surface area contributed by atoms with Gasteiger partial charge in [-0.2, -0.15) is 0 Å². The summed E-state index contributed by atoms with van der Waals surface area (Å²) >= 11 is 0. The van der Waals surface area contributed by atoms with Crippen LogP contribution in [0.4, 0.5) is 15.8 Å². The summed E-state index contributed by atoms with van der Waals surface area (Å²) in [4.78, 5) is 73.3. The number of hydrogen-bond acceptors (Lipinski definition) is 11. The number of aryl methyl sites for hydroxylation is 1. The molecular formula is C43H53FN8O6. The summed E-state index contributed by atoms with van der Waals surface area (Å²) in [5.41, 5.74) is 4.87. The lowest BCUT2D eigenvalue weighted by Crippen LogP contribution is -2.54. The van der Waals surface area contributed by atoms with Crippen LogP contribution in [0.15, 0.2) is 60.7 Å². The monoisotopic (exact) mass is 796 g/mol. The van der Waals surface area contributed by atoms with Crippen molar-refractivity contribution in [3.8, 4) is 0 Å². The second-order valence-electron chi connectivity index (χ2n) is 15.8. The van der Waals surface area contributed by atoms with Crippen LogP contribution in [0.5, 0.6) is 0 Å². The van der Waals surface area contributed by atoms with Gasteiger partial charge in [0.1, 0.15) is 11.9 Å². The first kappa shape index (κ1) is 41.0. The molecule has 0 saturated carbocycles.